The van der Waals surface area contributed by atoms with Crippen molar-refractivity contribution in [2.24, 2.45) is 0 Å². The van der Waals surface area contributed by atoms with Gasteiger partial charge >= 0.3 is 0 Å². The molecule has 0 aromatic rings. The second-order valence-corrected chi connectivity index (χ2v) is 4.04. The van der Waals surface area contributed by atoms with Crippen molar-refractivity contribution in [3.05, 3.63) is 0 Å². The van der Waals surface area contributed by atoms with Gasteiger partial charge in [0.05, 0.1) is 6.61 Å². The van der Waals surface area contributed by atoms with E-state index < -0.39 is 0 Å². The topological polar surface area (TPSA) is 40.5 Å². The zero-order chi connectivity index (χ0) is 10.1. The molecular weight excluding hydrogens is 186 g/mol. The Morgan fingerprint density at radius 1 is 1.46 bits per heavy atom. The van der Waals surface area contributed by atoms with E-state index in [-0.39, 0.29) is 12.5 Å². The van der Waals surface area contributed by atoms with Gasteiger partial charge in [-0.25, -0.2) is 0 Å². The molecule has 0 aliphatic carbocycles. The summed E-state index contributed by atoms with van der Waals surface area (Å²) < 4.78 is 0. The number of aliphatic hydroxyl groups excluding tert-OH is 1. The number of carbonyl (C=O) groups is 1. The van der Waals surface area contributed by atoms with Gasteiger partial charge in [0.1, 0.15) is 0 Å². The lowest BCUT2D eigenvalue weighted by Gasteiger charge is -2.19. The molecule has 4 heteroatoms. The first-order valence-corrected chi connectivity index (χ1v) is 5.88. The lowest BCUT2D eigenvalue weighted by Crippen LogP contribution is -2.33. The SMILES string of the molecule is CCSCCC(=O)N(CC)CCO. The molecular formula is C9H19NO2S. The molecule has 0 aromatic heterocycles. The maximum atomic E-state index is 11.4. The van der Waals surface area contributed by atoms with E-state index in [0.29, 0.717) is 19.5 Å². The van der Waals surface area contributed by atoms with E-state index in [1.165, 1.54) is 0 Å². The summed E-state index contributed by atoms with van der Waals surface area (Å²) in [4.78, 5) is 13.1. The molecule has 0 spiro atoms. The van der Waals surface area contributed by atoms with Crippen molar-refractivity contribution in [3.8, 4) is 0 Å². The average Bonchev–Trinajstić information content (AvgIpc) is 2.14. The molecule has 0 rings (SSSR count). The van der Waals surface area contributed by atoms with Gasteiger partial charge in [-0.2, -0.15) is 11.8 Å². The Kier molecular flexibility index (Phi) is 8.24. The number of likely N-dealkylation sites (N-methyl/N-ethyl adjacent to an activating group) is 1. The Hall–Kier alpha value is -0.220. The van der Waals surface area contributed by atoms with Crippen molar-refractivity contribution in [1.82, 2.24) is 4.90 Å². The van der Waals surface area contributed by atoms with Crippen molar-refractivity contribution in [3.63, 3.8) is 0 Å². The molecule has 0 unspecified atom stereocenters. The smallest absolute Gasteiger partial charge is 0.223 e. The van der Waals surface area contributed by atoms with Crippen molar-refractivity contribution >= 4 is 17.7 Å². The van der Waals surface area contributed by atoms with Crippen molar-refractivity contribution in [1.29, 1.82) is 0 Å². The fourth-order valence-electron chi connectivity index (χ4n) is 1.04. The molecule has 0 saturated heterocycles. The van der Waals surface area contributed by atoms with Gasteiger partial charge in [0.2, 0.25) is 5.91 Å². The average molecular weight is 205 g/mol. The van der Waals surface area contributed by atoms with E-state index >= 15 is 0 Å². The Labute approximate surface area is 84.5 Å². The van der Waals surface area contributed by atoms with Gasteiger partial charge in [0.25, 0.3) is 0 Å². The Balaban J connectivity index is 3.64. The van der Waals surface area contributed by atoms with E-state index in [1.807, 2.05) is 6.92 Å². The van der Waals surface area contributed by atoms with Crippen molar-refractivity contribution in [2.75, 3.05) is 31.2 Å². The number of thioether (sulfide) groups is 1. The highest BCUT2D eigenvalue weighted by Gasteiger charge is 2.09. The van der Waals surface area contributed by atoms with Gasteiger partial charge in [0.15, 0.2) is 0 Å². The van der Waals surface area contributed by atoms with Crippen LogP contribution in [0, 0.1) is 0 Å². The molecule has 0 heterocycles. The molecule has 3 nitrogen and oxygen atoms in total. The molecule has 1 N–H and O–H groups in total. The Morgan fingerprint density at radius 3 is 2.62 bits per heavy atom. The highest BCUT2D eigenvalue weighted by Crippen LogP contribution is 2.03. The van der Waals surface area contributed by atoms with Gasteiger partial charge in [-0.15, -0.1) is 0 Å². The number of rotatable bonds is 7. The quantitative estimate of drug-likeness (QED) is 0.630. The summed E-state index contributed by atoms with van der Waals surface area (Å²) in [6.07, 6.45) is 0.590. The number of aliphatic hydroxyl groups is 1. The third kappa shape index (κ3) is 5.93. The van der Waals surface area contributed by atoms with Crippen LogP contribution in [-0.2, 0) is 4.79 Å². The minimum Gasteiger partial charge on any atom is -0.395 e. The predicted octanol–water partition coefficient (Wildman–Crippen LogP) is 0.970. The summed E-state index contributed by atoms with van der Waals surface area (Å²) in [6, 6.07) is 0. The van der Waals surface area contributed by atoms with Gasteiger partial charge in [0, 0.05) is 25.3 Å². The molecule has 0 bridgehead atoms. The largest absolute Gasteiger partial charge is 0.395 e. The maximum Gasteiger partial charge on any atom is 0.223 e. The van der Waals surface area contributed by atoms with Gasteiger partial charge in [-0.3, -0.25) is 4.79 Å². The maximum absolute atomic E-state index is 11.4. The first-order chi connectivity index (χ1) is 6.26. The minimum absolute atomic E-state index is 0.0561. The van der Waals surface area contributed by atoms with E-state index in [9.17, 15) is 4.79 Å². The molecule has 0 atom stereocenters. The number of amides is 1. The number of hydrogen-bond donors (Lipinski definition) is 1. The summed E-state index contributed by atoms with van der Waals surface area (Å²) in [6.45, 7) is 5.23. The number of nitrogens with zero attached hydrogens (tertiary/aromatic N) is 1. The monoisotopic (exact) mass is 205 g/mol. The van der Waals surface area contributed by atoms with Crippen LogP contribution < -0.4 is 0 Å². The lowest BCUT2D eigenvalue weighted by atomic mass is 10.4. The number of hydrogen-bond acceptors (Lipinski definition) is 3. The summed E-state index contributed by atoms with van der Waals surface area (Å²) in [5.74, 6) is 2.09. The van der Waals surface area contributed by atoms with Crippen LogP contribution in [0.5, 0.6) is 0 Å². The fourth-order valence-corrected chi connectivity index (χ4v) is 1.65. The molecule has 1 amide bonds. The Bertz CT molecular complexity index is 142. The summed E-state index contributed by atoms with van der Waals surface area (Å²) in [7, 11) is 0. The van der Waals surface area contributed by atoms with Crippen LogP contribution in [0.25, 0.3) is 0 Å². The van der Waals surface area contributed by atoms with Gasteiger partial charge < -0.3 is 10.0 Å². The van der Waals surface area contributed by atoms with Crippen LogP contribution in [0.1, 0.15) is 20.3 Å². The third-order valence-corrected chi connectivity index (χ3v) is 2.67. The predicted molar refractivity (Wildman–Crippen MR) is 57.0 cm³/mol. The minimum atomic E-state index is 0.0561. The summed E-state index contributed by atoms with van der Waals surface area (Å²) in [5, 5.41) is 8.69. The molecule has 0 aliphatic rings. The highest BCUT2D eigenvalue weighted by atomic mass is 32.2. The zero-order valence-corrected chi connectivity index (χ0v) is 9.27. The van der Waals surface area contributed by atoms with Gasteiger partial charge in [-0.1, -0.05) is 6.92 Å². The van der Waals surface area contributed by atoms with Crippen LogP contribution in [0.3, 0.4) is 0 Å². The van der Waals surface area contributed by atoms with Crippen LogP contribution in [0.4, 0.5) is 0 Å². The molecule has 0 aliphatic heterocycles. The zero-order valence-electron chi connectivity index (χ0n) is 8.45. The van der Waals surface area contributed by atoms with Crippen LogP contribution in [0.15, 0.2) is 0 Å². The molecule has 0 aromatic carbocycles. The lowest BCUT2D eigenvalue weighted by molar-refractivity contribution is -0.131. The first kappa shape index (κ1) is 12.8. The molecule has 0 radical (unpaired) electrons. The van der Waals surface area contributed by atoms with Crippen molar-refractivity contribution in [2.45, 2.75) is 20.3 Å². The molecule has 13 heavy (non-hydrogen) atoms. The third-order valence-electron chi connectivity index (χ3n) is 1.77. The second-order valence-electron chi connectivity index (χ2n) is 2.64. The van der Waals surface area contributed by atoms with E-state index in [2.05, 4.69) is 6.92 Å². The molecule has 0 fully saturated rings. The fraction of sp³-hybridized carbons (Fsp3) is 0.889. The molecule has 78 valence electrons. The van der Waals surface area contributed by atoms with Crippen molar-refractivity contribution < 1.29 is 9.90 Å². The van der Waals surface area contributed by atoms with Crippen LogP contribution in [-0.4, -0.2) is 47.1 Å². The normalized spacial score (nSPS) is 10.1. The molecule has 0 saturated carbocycles. The standard InChI is InChI=1S/C9H19NO2S/c1-3-10(6-7-11)9(12)5-8-13-4-2/h11H,3-8H2,1-2H3. The summed E-state index contributed by atoms with van der Waals surface area (Å²) in [5.41, 5.74) is 0. The highest BCUT2D eigenvalue weighted by molar-refractivity contribution is 7.99. The number of carbonyl (C=O) groups excluding carboxylic acids is 1. The Morgan fingerprint density at radius 2 is 2.15 bits per heavy atom. The van der Waals surface area contributed by atoms with Crippen LogP contribution in [0.2, 0.25) is 0 Å². The second kappa shape index (κ2) is 8.38. The van der Waals surface area contributed by atoms with E-state index in [1.54, 1.807) is 16.7 Å². The van der Waals surface area contributed by atoms with Gasteiger partial charge in [-0.05, 0) is 12.7 Å². The van der Waals surface area contributed by atoms with Crippen LogP contribution >= 0.6 is 11.8 Å². The first-order valence-electron chi connectivity index (χ1n) is 4.72. The van der Waals surface area contributed by atoms with E-state index in [0.717, 1.165) is 11.5 Å². The van der Waals surface area contributed by atoms with E-state index in [4.69, 9.17) is 5.11 Å². The summed E-state index contributed by atoms with van der Waals surface area (Å²) >= 11 is 1.77.